The summed E-state index contributed by atoms with van der Waals surface area (Å²) in [7, 11) is 0. The Bertz CT molecular complexity index is 1410. The van der Waals surface area contributed by atoms with Crippen LogP contribution in [0.5, 0.6) is 17.2 Å². The van der Waals surface area contributed by atoms with Crippen LogP contribution in [0.25, 0.3) is 11.1 Å². The van der Waals surface area contributed by atoms with Crippen molar-refractivity contribution in [2.75, 3.05) is 13.1 Å². The highest BCUT2D eigenvalue weighted by molar-refractivity contribution is 6.30. The molecule has 1 aromatic heterocycles. The summed E-state index contributed by atoms with van der Waals surface area (Å²) in [5.74, 6) is 0.526. The van der Waals surface area contributed by atoms with Crippen LogP contribution < -0.4 is 14.8 Å². The van der Waals surface area contributed by atoms with Crippen molar-refractivity contribution < 1.29 is 24.5 Å². The van der Waals surface area contributed by atoms with Crippen LogP contribution in [0.15, 0.2) is 85.2 Å². The molecule has 0 spiro atoms. The summed E-state index contributed by atoms with van der Waals surface area (Å²) in [6, 6.07) is 21.5. The third kappa shape index (κ3) is 6.14. The molecule has 194 valence electrons. The van der Waals surface area contributed by atoms with Gasteiger partial charge < -0.3 is 25.0 Å². The van der Waals surface area contributed by atoms with Gasteiger partial charge >= 0.3 is 5.97 Å². The molecule has 5 rings (SSSR count). The molecule has 8 heteroatoms. The monoisotopic (exact) mass is 530 g/mol. The fourth-order valence-corrected chi connectivity index (χ4v) is 4.56. The fraction of sp³-hybridized carbons (Fsp3) is 0.200. The quantitative estimate of drug-likeness (QED) is 0.247. The molecule has 38 heavy (non-hydrogen) atoms. The van der Waals surface area contributed by atoms with Gasteiger partial charge in [0.2, 0.25) is 0 Å². The molecule has 0 amide bonds. The second-order valence-electron chi connectivity index (χ2n) is 9.13. The molecule has 0 saturated heterocycles. The number of ether oxygens (including phenoxy) is 2. The van der Waals surface area contributed by atoms with E-state index < -0.39 is 12.1 Å². The zero-order valence-electron chi connectivity index (χ0n) is 20.5. The number of carboxylic acids is 1. The number of pyridine rings is 1. The van der Waals surface area contributed by atoms with Crippen molar-refractivity contribution >= 4 is 17.6 Å². The van der Waals surface area contributed by atoms with Crippen LogP contribution in [0, 0.1) is 0 Å². The molecule has 1 aliphatic heterocycles. The summed E-state index contributed by atoms with van der Waals surface area (Å²) < 4.78 is 12.1. The van der Waals surface area contributed by atoms with Crippen LogP contribution in [0.2, 0.25) is 5.02 Å². The van der Waals surface area contributed by atoms with Crippen LogP contribution in [-0.4, -0.2) is 40.4 Å². The lowest BCUT2D eigenvalue weighted by atomic mass is 9.96. The number of hydrogen-bond acceptors (Lipinski definition) is 6. The molecule has 0 fully saturated rings. The summed E-state index contributed by atoms with van der Waals surface area (Å²) in [5, 5.41) is 23.8. The molecule has 1 aliphatic rings. The Kier molecular flexibility index (Phi) is 7.89. The second-order valence-corrected chi connectivity index (χ2v) is 9.57. The Labute approximate surface area is 225 Å². The number of carboxylic acid groups (broad SMARTS) is 1. The van der Waals surface area contributed by atoms with Gasteiger partial charge in [-0.15, -0.1) is 0 Å². The maximum atomic E-state index is 11.8. The summed E-state index contributed by atoms with van der Waals surface area (Å²) in [6.07, 6.45) is 4.42. The number of fused-ring (bicyclic) bond motifs is 1. The standard InChI is InChI=1S/C30H27ClN2O5/c31-23-6-9-24(10-7-23)37-29-15-20(4-11-26(29)30(35)36)19-5-12-28-21(14-19)3-8-25(38-28)17-33-18-27(34)22-2-1-13-32-16-22/h1-2,4-7,9-16,25,27,33-34H,3,8,17-18H2,(H,35,36)/t25-,27-/m1/s1. The molecule has 4 aromatic rings. The fourth-order valence-electron chi connectivity index (χ4n) is 4.43. The smallest absolute Gasteiger partial charge is 0.339 e. The first-order valence-electron chi connectivity index (χ1n) is 12.4. The molecule has 0 unspecified atom stereocenters. The number of hydrogen-bond donors (Lipinski definition) is 3. The number of benzene rings is 3. The summed E-state index contributed by atoms with van der Waals surface area (Å²) in [5.41, 5.74) is 3.74. The van der Waals surface area contributed by atoms with Gasteiger partial charge in [0, 0.05) is 36.1 Å². The number of aliphatic hydroxyl groups excluding tert-OH is 1. The number of halogens is 1. The van der Waals surface area contributed by atoms with Gasteiger partial charge in [-0.2, -0.15) is 0 Å². The van der Waals surface area contributed by atoms with Gasteiger partial charge in [0.05, 0.1) is 6.10 Å². The van der Waals surface area contributed by atoms with E-state index in [-0.39, 0.29) is 17.4 Å². The summed E-state index contributed by atoms with van der Waals surface area (Å²) >= 11 is 5.95. The number of aryl methyl sites for hydroxylation is 1. The minimum absolute atomic E-state index is 0.00340. The molecule has 0 saturated carbocycles. The number of nitrogens with zero attached hydrogens (tertiary/aromatic N) is 1. The zero-order chi connectivity index (χ0) is 26.5. The minimum atomic E-state index is -1.06. The lowest BCUT2D eigenvalue weighted by Gasteiger charge is -2.27. The summed E-state index contributed by atoms with van der Waals surface area (Å²) in [6.45, 7) is 1.05. The Balaban J connectivity index is 1.26. The third-order valence-corrected chi connectivity index (χ3v) is 6.71. The van der Waals surface area contributed by atoms with Gasteiger partial charge in [-0.1, -0.05) is 29.8 Å². The Morgan fingerprint density at radius 2 is 1.89 bits per heavy atom. The van der Waals surface area contributed by atoms with E-state index in [0.717, 1.165) is 40.8 Å². The molecule has 3 aromatic carbocycles. The highest BCUT2D eigenvalue weighted by atomic mass is 35.5. The van der Waals surface area contributed by atoms with E-state index in [2.05, 4.69) is 16.4 Å². The Morgan fingerprint density at radius 1 is 1.11 bits per heavy atom. The Morgan fingerprint density at radius 3 is 2.66 bits per heavy atom. The zero-order valence-corrected chi connectivity index (χ0v) is 21.3. The van der Waals surface area contributed by atoms with Crippen molar-refractivity contribution in [2.45, 2.75) is 25.0 Å². The van der Waals surface area contributed by atoms with Crippen LogP contribution in [0.4, 0.5) is 0 Å². The summed E-state index contributed by atoms with van der Waals surface area (Å²) in [4.78, 5) is 15.8. The molecule has 0 aliphatic carbocycles. The van der Waals surface area contributed by atoms with Crippen LogP contribution in [0.1, 0.15) is 34.0 Å². The molecular weight excluding hydrogens is 504 g/mol. The first-order valence-corrected chi connectivity index (χ1v) is 12.7. The number of aromatic carboxylic acids is 1. The van der Waals surface area contributed by atoms with Crippen LogP contribution in [0.3, 0.4) is 0 Å². The van der Waals surface area contributed by atoms with E-state index in [1.54, 1.807) is 54.9 Å². The average Bonchev–Trinajstić information content (AvgIpc) is 2.94. The SMILES string of the molecule is O=C(O)c1ccc(-c2ccc3c(c2)CC[C@H](CNC[C@@H](O)c2cccnc2)O3)cc1Oc1ccc(Cl)cc1. The number of carbonyl (C=O) groups is 1. The number of nitrogens with one attached hydrogen (secondary N) is 1. The van der Waals surface area contributed by atoms with Crippen molar-refractivity contribution in [1.29, 1.82) is 0 Å². The van der Waals surface area contributed by atoms with Crippen molar-refractivity contribution in [1.82, 2.24) is 10.3 Å². The van der Waals surface area contributed by atoms with Gasteiger partial charge in [-0.3, -0.25) is 4.98 Å². The van der Waals surface area contributed by atoms with Gasteiger partial charge in [-0.25, -0.2) is 4.79 Å². The highest BCUT2D eigenvalue weighted by Gasteiger charge is 2.21. The van der Waals surface area contributed by atoms with E-state index >= 15 is 0 Å². The number of rotatable bonds is 9. The lowest BCUT2D eigenvalue weighted by molar-refractivity contribution is 0.0694. The molecule has 0 bridgehead atoms. The van der Waals surface area contributed by atoms with E-state index in [1.165, 1.54) is 0 Å². The largest absolute Gasteiger partial charge is 0.489 e. The maximum absolute atomic E-state index is 11.8. The second kappa shape index (κ2) is 11.6. The van der Waals surface area contributed by atoms with Gasteiger partial charge in [-0.05, 0) is 84.1 Å². The van der Waals surface area contributed by atoms with E-state index in [9.17, 15) is 15.0 Å². The van der Waals surface area contributed by atoms with Crippen LogP contribution in [-0.2, 0) is 6.42 Å². The van der Waals surface area contributed by atoms with E-state index in [1.807, 2.05) is 24.3 Å². The molecule has 3 N–H and O–H groups in total. The molecule has 2 atom stereocenters. The number of aromatic nitrogens is 1. The van der Waals surface area contributed by atoms with Crippen molar-refractivity contribution in [3.05, 3.63) is 107 Å². The van der Waals surface area contributed by atoms with E-state index in [0.29, 0.717) is 23.9 Å². The van der Waals surface area contributed by atoms with Crippen molar-refractivity contribution in [3.63, 3.8) is 0 Å². The van der Waals surface area contributed by atoms with Crippen LogP contribution >= 0.6 is 11.6 Å². The maximum Gasteiger partial charge on any atom is 0.339 e. The van der Waals surface area contributed by atoms with Gasteiger partial charge in [0.15, 0.2) is 0 Å². The first-order chi connectivity index (χ1) is 18.5. The minimum Gasteiger partial charge on any atom is -0.489 e. The molecule has 2 heterocycles. The highest BCUT2D eigenvalue weighted by Crippen LogP contribution is 2.35. The average molecular weight is 531 g/mol. The number of aliphatic hydroxyl groups is 1. The molecule has 0 radical (unpaired) electrons. The predicted molar refractivity (Wildman–Crippen MR) is 145 cm³/mol. The topological polar surface area (TPSA) is 101 Å². The predicted octanol–water partition coefficient (Wildman–Crippen LogP) is 5.91. The third-order valence-electron chi connectivity index (χ3n) is 6.46. The first kappa shape index (κ1) is 25.7. The van der Waals surface area contributed by atoms with Crippen molar-refractivity contribution in [2.24, 2.45) is 0 Å². The van der Waals surface area contributed by atoms with E-state index in [4.69, 9.17) is 21.1 Å². The Hall–Kier alpha value is -3.91. The van der Waals surface area contributed by atoms with Gasteiger partial charge in [0.1, 0.15) is 28.9 Å². The normalized spacial score (nSPS) is 15.3. The molecule has 7 nitrogen and oxygen atoms in total. The lowest BCUT2D eigenvalue weighted by Crippen LogP contribution is -2.36. The van der Waals surface area contributed by atoms with Gasteiger partial charge in [0.25, 0.3) is 0 Å². The molecular formula is C30H27ClN2O5. The van der Waals surface area contributed by atoms with Crippen molar-refractivity contribution in [3.8, 4) is 28.4 Å².